The first-order valence-corrected chi connectivity index (χ1v) is 6.04. The SMILES string of the molecule is I[n+]1ccc(-c2cc[n+](I)cc2)cc1. The molecule has 0 fully saturated rings. The van der Waals surface area contributed by atoms with E-state index in [-0.39, 0.29) is 0 Å². The largest absolute Gasteiger partial charge is 0.353 e. The number of aromatic nitrogens is 2. The van der Waals surface area contributed by atoms with Crippen molar-refractivity contribution in [1.29, 1.82) is 0 Å². The zero-order valence-electron chi connectivity index (χ0n) is 7.27. The van der Waals surface area contributed by atoms with Gasteiger partial charge in [-0.3, -0.25) is 0 Å². The van der Waals surface area contributed by atoms with Crippen LogP contribution in [0.1, 0.15) is 0 Å². The normalized spacial score (nSPS) is 10.1. The molecule has 0 aliphatic heterocycles. The van der Waals surface area contributed by atoms with Gasteiger partial charge in [-0.25, -0.2) is 0 Å². The van der Waals surface area contributed by atoms with Crippen LogP contribution in [0.4, 0.5) is 0 Å². The highest BCUT2D eigenvalue weighted by Gasteiger charge is 2.02. The average Bonchev–Trinajstić information content (AvgIpc) is 2.21. The lowest BCUT2D eigenvalue weighted by molar-refractivity contribution is -0.440. The molecule has 0 radical (unpaired) electrons. The summed E-state index contributed by atoms with van der Waals surface area (Å²) in [6, 6.07) is 8.44. The maximum absolute atomic E-state index is 2.23. The fourth-order valence-electron chi connectivity index (χ4n) is 1.20. The lowest BCUT2D eigenvalue weighted by Gasteiger charge is -1.96. The third-order valence-electron chi connectivity index (χ3n) is 1.92. The van der Waals surface area contributed by atoms with Gasteiger partial charge in [-0.05, 0) is 11.1 Å². The van der Waals surface area contributed by atoms with Crippen LogP contribution in [0.25, 0.3) is 11.1 Å². The molecule has 0 aromatic carbocycles. The van der Waals surface area contributed by atoms with Crippen molar-refractivity contribution < 1.29 is 5.56 Å². The molecule has 70 valence electrons. The summed E-state index contributed by atoms with van der Waals surface area (Å²) >= 11 is 4.47. The highest BCUT2D eigenvalue weighted by Crippen LogP contribution is 2.15. The van der Waals surface area contributed by atoms with E-state index in [1.165, 1.54) is 11.1 Å². The molecule has 0 saturated carbocycles. The van der Waals surface area contributed by atoms with Crippen LogP contribution in [0.15, 0.2) is 49.1 Å². The molecule has 2 rings (SSSR count). The van der Waals surface area contributed by atoms with Gasteiger partial charge in [0, 0.05) is 24.3 Å². The standard InChI is InChI=1S/C10H8I2N2/c11-13-5-1-9(2-6-13)10-3-7-14(12)8-4-10/h1-8H/q+2. The Morgan fingerprint density at radius 1 is 0.643 bits per heavy atom. The molecule has 0 N–H and O–H groups in total. The predicted molar refractivity (Wildman–Crippen MR) is 71.1 cm³/mol. The van der Waals surface area contributed by atoms with E-state index in [9.17, 15) is 0 Å². The molecule has 2 heterocycles. The number of halogens is 2. The number of hydrogen-bond acceptors (Lipinski definition) is 0. The molecule has 0 atom stereocenters. The Hall–Kier alpha value is -0.240. The lowest BCUT2D eigenvalue weighted by atomic mass is 10.1. The lowest BCUT2D eigenvalue weighted by Crippen LogP contribution is -2.17. The Bertz CT molecular complexity index is 379. The van der Waals surface area contributed by atoms with Crippen molar-refractivity contribution in [1.82, 2.24) is 0 Å². The number of rotatable bonds is 1. The van der Waals surface area contributed by atoms with E-state index >= 15 is 0 Å². The van der Waals surface area contributed by atoms with Crippen LogP contribution >= 0.6 is 45.7 Å². The Balaban J connectivity index is 2.40. The van der Waals surface area contributed by atoms with Crippen LogP contribution < -0.4 is 5.56 Å². The van der Waals surface area contributed by atoms with Crippen molar-refractivity contribution in [2.24, 2.45) is 0 Å². The minimum absolute atomic E-state index is 1.25. The summed E-state index contributed by atoms with van der Waals surface area (Å²) in [6.07, 6.45) is 8.17. The van der Waals surface area contributed by atoms with Gasteiger partial charge in [0.2, 0.25) is 0 Å². The van der Waals surface area contributed by atoms with Gasteiger partial charge < -0.3 is 0 Å². The first-order chi connectivity index (χ1) is 6.75. The summed E-state index contributed by atoms with van der Waals surface area (Å²) in [5.74, 6) is 0. The molecule has 2 nitrogen and oxygen atoms in total. The second kappa shape index (κ2) is 4.52. The van der Waals surface area contributed by atoms with Gasteiger partial charge in [-0.2, -0.15) is 0 Å². The van der Waals surface area contributed by atoms with Gasteiger partial charge in [-0.15, -0.1) is 5.56 Å². The van der Waals surface area contributed by atoms with Gasteiger partial charge >= 0.3 is 45.7 Å². The molecule has 0 bridgehead atoms. The summed E-state index contributed by atoms with van der Waals surface area (Å²) in [7, 11) is 0. The summed E-state index contributed by atoms with van der Waals surface area (Å²) in [4.78, 5) is 0. The van der Waals surface area contributed by atoms with Crippen LogP contribution in [-0.4, -0.2) is 0 Å². The molecule has 0 unspecified atom stereocenters. The average molecular weight is 410 g/mol. The fourth-order valence-corrected chi connectivity index (χ4v) is 1.84. The van der Waals surface area contributed by atoms with Crippen molar-refractivity contribution in [2.75, 3.05) is 0 Å². The van der Waals surface area contributed by atoms with E-state index < -0.39 is 0 Å². The molecule has 0 spiro atoms. The maximum atomic E-state index is 2.23. The van der Waals surface area contributed by atoms with Crippen LogP contribution in [-0.2, 0) is 0 Å². The molecule has 4 heteroatoms. The number of pyridine rings is 2. The van der Waals surface area contributed by atoms with Gasteiger partial charge in [0.05, 0.1) is 0 Å². The minimum Gasteiger partial charge on any atom is -0.144 e. The van der Waals surface area contributed by atoms with E-state index in [1.807, 2.05) is 30.3 Å². The first kappa shape index (κ1) is 10.3. The second-order valence-electron chi connectivity index (χ2n) is 2.86. The first-order valence-electron chi connectivity index (χ1n) is 4.11. The zero-order chi connectivity index (χ0) is 9.97. The molecule has 0 saturated heterocycles. The van der Waals surface area contributed by atoms with E-state index in [1.54, 1.807) is 0 Å². The van der Waals surface area contributed by atoms with Crippen molar-refractivity contribution in [3.05, 3.63) is 49.1 Å². The smallest absolute Gasteiger partial charge is 0.144 e. The topological polar surface area (TPSA) is 7.76 Å². The van der Waals surface area contributed by atoms with Gasteiger partial charge in [0.1, 0.15) is 0 Å². The minimum atomic E-state index is 1.25. The summed E-state index contributed by atoms with van der Waals surface area (Å²) in [6.45, 7) is 0. The Kier molecular flexibility index (Phi) is 3.32. The quantitative estimate of drug-likeness (QED) is 0.639. The van der Waals surface area contributed by atoms with E-state index in [0.717, 1.165) is 0 Å². The number of nitrogens with zero attached hydrogens (tertiary/aromatic N) is 2. The van der Waals surface area contributed by atoms with E-state index in [4.69, 9.17) is 0 Å². The Morgan fingerprint density at radius 2 is 0.929 bits per heavy atom. The molecule has 2 aromatic rings. The third-order valence-corrected chi connectivity index (χ3v) is 3.21. The zero-order valence-corrected chi connectivity index (χ0v) is 11.6. The van der Waals surface area contributed by atoms with E-state index in [2.05, 4.69) is 70.0 Å². The molecule has 0 amide bonds. The van der Waals surface area contributed by atoms with Gasteiger partial charge in [0.25, 0.3) is 0 Å². The van der Waals surface area contributed by atoms with Gasteiger partial charge in [-0.1, -0.05) is 0 Å². The molecule has 2 aromatic heterocycles. The summed E-state index contributed by atoms with van der Waals surface area (Å²) in [5, 5.41) is 0. The molecule has 14 heavy (non-hydrogen) atoms. The third kappa shape index (κ3) is 2.41. The summed E-state index contributed by atoms with van der Waals surface area (Å²) in [5.41, 5.74) is 2.49. The Morgan fingerprint density at radius 3 is 1.21 bits per heavy atom. The Labute approximate surface area is 111 Å². The highest BCUT2D eigenvalue weighted by molar-refractivity contribution is 14.1. The van der Waals surface area contributed by atoms with Crippen LogP contribution in [0.3, 0.4) is 0 Å². The fraction of sp³-hybridized carbons (Fsp3) is 0. The predicted octanol–water partition coefficient (Wildman–Crippen LogP) is 2.32. The van der Waals surface area contributed by atoms with Gasteiger partial charge in [0.15, 0.2) is 24.8 Å². The highest BCUT2D eigenvalue weighted by atomic mass is 127. The van der Waals surface area contributed by atoms with Crippen molar-refractivity contribution in [2.45, 2.75) is 0 Å². The molecule has 0 aliphatic carbocycles. The van der Waals surface area contributed by atoms with Crippen LogP contribution in [0.5, 0.6) is 0 Å². The number of hydrogen-bond donors (Lipinski definition) is 0. The van der Waals surface area contributed by atoms with E-state index in [0.29, 0.717) is 0 Å². The maximum Gasteiger partial charge on any atom is 0.353 e. The van der Waals surface area contributed by atoms with Crippen molar-refractivity contribution in [3.8, 4) is 11.1 Å². The monoisotopic (exact) mass is 410 g/mol. The molecular weight excluding hydrogens is 402 g/mol. The van der Waals surface area contributed by atoms with Crippen molar-refractivity contribution in [3.63, 3.8) is 0 Å². The summed E-state index contributed by atoms with van der Waals surface area (Å²) < 4.78 is 4.01. The molecular formula is C10H8I2N2+2. The second-order valence-corrected chi connectivity index (χ2v) is 5.09. The van der Waals surface area contributed by atoms with Crippen molar-refractivity contribution >= 4 is 45.7 Å². The van der Waals surface area contributed by atoms with Crippen LogP contribution in [0.2, 0.25) is 0 Å². The molecule has 0 aliphatic rings. The van der Waals surface area contributed by atoms with Crippen LogP contribution in [0, 0.1) is 0 Å².